The van der Waals surface area contributed by atoms with Crippen molar-refractivity contribution >= 4 is 29.2 Å². The maximum Gasteiger partial charge on any atom is 0.253 e. The van der Waals surface area contributed by atoms with Crippen LogP contribution in [0.5, 0.6) is 0 Å². The third kappa shape index (κ3) is 4.99. The Kier molecular flexibility index (Phi) is 6.78. The lowest BCUT2D eigenvalue weighted by Gasteiger charge is -2.37. The van der Waals surface area contributed by atoms with E-state index in [0.717, 1.165) is 56.0 Å². The maximum absolute atomic E-state index is 13.5. The Labute approximate surface area is 228 Å². The summed E-state index contributed by atoms with van der Waals surface area (Å²) in [6.07, 6.45) is 7.72. The maximum atomic E-state index is 13.5. The molecule has 1 N–H and O–H groups in total. The Morgan fingerprint density at radius 3 is 2.58 bits per heavy atom. The smallest absolute Gasteiger partial charge is 0.253 e. The Balaban J connectivity index is 1.10. The van der Waals surface area contributed by atoms with E-state index in [1.165, 1.54) is 18.4 Å². The van der Waals surface area contributed by atoms with Gasteiger partial charge in [-0.25, -0.2) is 9.97 Å². The first-order valence-corrected chi connectivity index (χ1v) is 13.9. The van der Waals surface area contributed by atoms with Gasteiger partial charge >= 0.3 is 0 Å². The summed E-state index contributed by atoms with van der Waals surface area (Å²) in [5.74, 6) is 2.33. The van der Waals surface area contributed by atoms with Gasteiger partial charge in [-0.15, -0.1) is 0 Å². The van der Waals surface area contributed by atoms with Crippen LogP contribution in [0.2, 0.25) is 5.02 Å². The van der Waals surface area contributed by atoms with E-state index in [1.807, 2.05) is 48.5 Å². The van der Waals surface area contributed by atoms with E-state index < -0.39 is 0 Å². The van der Waals surface area contributed by atoms with Gasteiger partial charge in [-0.3, -0.25) is 9.59 Å². The molecule has 1 aromatic heterocycles. The number of carbonyl (C=O) groups excluding carboxylic acids is 2. The zero-order chi connectivity index (χ0) is 26.2. The molecular weight excluding hydrogens is 498 g/mol. The SMILES string of the molecule is CN(C(=O)c1ccc2c(c1)C(NC(=O)c1ccccc1Cl)CC2)C1CCN(c2ccnc(C3CC3)n2)CC1. The van der Waals surface area contributed by atoms with Crippen LogP contribution in [0.15, 0.2) is 54.7 Å². The number of nitrogens with zero attached hydrogens (tertiary/aromatic N) is 4. The molecule has 1 unspecified atom stereocenters. The number of piperidine rings is 1. The minimum Gasteiger partial charge on any atom is -0.356 e. The van der Waals surface area contributed by atoms with Gasteiger partial charge in [0.1, 0.15) is 11.6 Å². The summed E-state index contributed by atoms with van der Waals surface area (Å²) >= 11 is 6.23. The van der Waals surface area contributed by atoms with E-state index in [2.05, 4.69) is 15.2 Å². The number of halogens is 1. The van der Waals surface area contributed by atoms with Gasteiger partial charge in [0.05, 0.1) is 16.6 Å². The second kappa shape index (κ2) is 10.4. The first kappa shape index (κ1) is 24.9. The van der Waals surface area contributed by atoms with Crippen LogP contribution in [0, 0.1) is 0 Å². The van der Waals surface area contributed by atoms with Crippen LogP contribution in [0.3, 0.4) is 0 Å². The van der Waals surface area contributed by atoms with Crippen molar-refractivity contribution in [1.82, 2.24) is 20.2 Å². The molecule has 3 aromatic rings. The number of rotatable bonds is 6. The summed E-state index contributed by atoms with van der Waals surface area (Å²) in [6.45, 7) is 1.73. The van der Waals surface area contributed by atoms with Gasteiger partial charge in [0.15, 0.2) is 0 Å². The Morgan fingerprint density at radius 1 is 1.03 bits per heavy atom. The highest BCUT2D eigenvalue weighted by Gasteiger charge is 2.31. The Morgan fingerprint density at radius 2 is 1.82 bits per heavy atom. The van der Waals surface area contributed by atoms with E-state index in [4.69, 9.17) is 16.6 Å². The van der Waals surface area contributed by atoms with Gasteiger partial charge < -0.3 is 15.1 Å². The van der Waals surface area contributed by atoms with E-state index in [1.54, 1.807) is 18.2 Å². The van der Waals surface area contributed by atoms with Gasteiger partial charge in [-0.1, -0.05) is 29.8 Å². The number of benzene rings is 2. The predicted molar refractivity (Wildman–Crippen MR) is 148 cm³/mol. The van der Waals surface area contributed by atoms with Crippen LogP contribution in [-0.4, -0.2) is 52.9 Å². The number of nitrogens with one attached hydrogen (secondary N) is 1. The van der Waals surface area contributed by atoms with E-state index in [0.29, 0.717) is 22.1 Å². The van der Waals surface area contributed by atoms with Crippen molar-refractivity contribution in [2.75, 3.05) is 25.0 Å². The third-order valence-electron chi connectivity index (χ3n) is 8.15. The highest BCUT2D eigenvalue weighted by Crippen LogP contribution is 2.38. The van der Waals surface area contributed by atoms with Crippen LogP contribution in [0.4, 0.5) is 5.82 Å². The topological polar surface area (TPSA) is 78.4 Å². The summed E-state index contributed by atoms with van der Waals surface area (Å²) in [6, 6.07) is 15.0. The summed E-state index contributed by atoms with van der Waals surface area (Å²) < 4.78 is 0. The lowest BCUT2D eigenvalue weighted by molar-refractivity contribution is 0.0709. The van der Waals surface area contributed by atoms with Gasteiger partial charge in [-0.05, 0) is 80.0 Å². The molecule has 2 amide bonds. The first-order chi connectivity index (χ1) is 18.5. The molecule has 3 aliphatic rings. The van der Waals surface area contributed by atoms with E-state index in [-0.39, 0.29) is 23.9 Å². The fourth-order valence-electron chi connectivity index (χ4n) is 5.70. The molecule has 1 saturated heterocycles. The van der Waals surface area contributed by atoms with Crippen molar-refractivity contribution in [2.45, 2.75) is 56.5 Å². The van der Waals surface area contributed by atoms with Crippen molar-refractivity contribution in [3.63, 3.8) is 0 Å². The number of aromatic nitrogens is 2. The van der Waals surface area contributed by atoms with Crippen molar-refractivity contribution in [2.24, 2.45) is 0 Å². The molecule has 7 nitrogen and oxygen atoms in total. The summed E-state index contributed by atoms with van der Waals surface area (Å²) in [7, 11) is 1.91. The van der Waals surface area contributed by atoms with Gasteiger partial charge in [0.2, 0.25) is 0 Å². The van der Waals surface area contributed by atoms with Gasteiger partial charge in [-0.2, -0.15) is 0 Å². The van der Waals surface area contributed by atoms with E-state index in [9.17, 15) is 9.59 Å². The second-order valence-corrected chi connectivity index (χ2v) is 11.0. The van der Waals surface area contributed by atoms with Crippen LogP contribution in [-0.2, 0) is 6.42 Å². The van der Waals surface area contributed by atoms with Crippen LogP contribution < -0.4 is 10.2 Å². The normalized spacial score (nSPS) is 19.2. The molecule has 2 fully saturated rings. The minimum absolute atomic E-state index is 0.0207. The zero-order valence-corrected chi connectivity index (χ0v) is 22.3. The third-order valence-corrected chi connectivity index (χ3v) is 8.48. The lowest BCUT2D eigenvalue weighted by Crippen LogP contribution is -2.46. The number of fused-ring (bicyclic) bond motifs is 1. The van der Waals surface area contributed by atoms with Gasteiger partial charge in [0.25, 0.3) is 11.8 Å². The molecule has 2 aromatic carbocycles. The molecular formula is C30H32ClN5O2. The molecule has 0 bridgehead atoms. The number of hydrogen-bond donors (Lipinski definition) is 1. The lowest BCUT2D eigenvalue weighted by atomic mass is 10.00. The Hall–Kier alpha value is -3.45. The number of anilines is 1. The molecule has 6 rings (SSSR count). The zero-order valence-electron chi connectivity index (χ0n) is 21.6. The van der Waals surface area contributed by atoms with Crippen molar-refractivity contribution in [3.05, 3.63) is 87.8 Å². The molecule has 8 heteroatoms. The quantitative estimate of drug-likeness (QED) is 0.477. The van der Waals surface area contributed by atoms with Crippen molar-refractivity contribution in [3.8, 4) is 0 Å². The van der Waals surface area contributed by atoms with Crippen LogP contribution >= 0.6 is 11.6 Å². The molecule has 0 radical (unpaired) electrons. The fraction of sp³-hybridized carbons (Fsp3) is 0.400. The number of aryl methyl sites for hydroxylation is 1. The molecule has 1 saturated carbocycles. The highest BCUT2D eigenvalue weighted by atomic mass is 35.5. The monoisotopic (exact) mass is 529 g/mol. The molecule has 1 aliphatic heterocycles. The van der Waals surface area contributed by atoms with Crippen molar-refractivity contribution in [1.29, 1.82) is 0 Å². The first-order valence-electron chi connectivity index (χ1n) is 13.5. The van der Waals surface area contributed by atoms with Gasteiger partial charge in [0, 0.05) is 43.9 Å². The predicted octanol–water partition coefficient (Wildman–Crippen LogP) is 5.17. The largest absolute Gasteiger partial charge is 0.356 e. The molecule has 38 heavy (non-hydrogen) atoms. The standard InChI is InChI=1S/C30H32ClN5O2/c1-35(22-13-16-36(17-14-22)27-12-15-32-28(34-27)20-7-8-20)30(38)21-9-6-19-10-11-26(24(19)18-21)33-29(37)23-4-2-3-5-25(23)31/h2-6,9,12,15,18,20,22,26H,7-8,10-11,13-14,16-17H2,1H3,(H,33,37). The summed E-state index contributed by atoms with van der Waals surface area (Å²) in [5.41, 5.74) is 3.33. The molecule has 1 atom stereocenters. The minimum atomic E-state index is -0.193. The van der Waals surface area contributed by atoms with Crippen molar-refractivity contribution < 1.29 is 9.59 Å². The van der Waals surface area contributed by atoms with Crippen LogP contribution in [0.25, 0.3) is 0 Å². The molecule has 196 valence electrons. The number of amides is 2. The Bertz CT molecular complexity index is 1370. The highest BCUT2D eigenvalue weighted by molar-refractivity contribution is 6.33. The molecule has 2 aliphatic carbocycles. The van der Waals surface area contributed by atoms with Crippen LogP contribution in [0.1, 0.15) is 81.7 Å². The second-order valence-electron chi connectivity index (χ2n) is 10.6. The average Bonchev–Trinajstić information content (AvgIpc) is 3.74. The summed E-state index contributed by atoms with van der Waals surface area (Å²) in [5, 5.41) is 3.56. The van der Waals surface area contributed by atoms with E-state index >= 15 is 0 Å². The molecule has 0 spiro atoms. The summed E-state index contributed by atoms with van der Waals surface area (Å²) in [4.78, 5) is 39.8. The average molecular weight is 530 g/mol. The fourth-order valence-corrected chi connectivity index (χ4v) is 5.92. The number of carbonyl (C=O) groups is 2. The number of hydrogen-bond acceptors (Lipinski definition) is 5. The molecule has 2 heterocycles.